The van der Waals surface area contributed by atoms with Gasteiger partial charge in [-0.3, -0.25) is 4.79 Å². The first-order valence-electron chi connectivity index (χ1n) is 9.93. The van der Waals surface area contributed by atoms with E-state index in [0.717, 1.165) is 16.7 Å². The van der Waals surface area contributed by atoms with Gasteiger partial charge < -0.3 is 14.4 Å². The van der Waals surface area contributed by atoms with Crippen LogP contribution in [0, 0.1) is 12.7 Å². The summed E-state index contributed by atoms with van der Waals surface area (Å²) in [5, 5.41) is 0. The quantitative estimate of drug-likeness (QED) is 0.549. The SMILES string of the molecule is COC(=O)C(c1cc(F)ccc1OCc1ccccc1)N1Cc2cccc(C)c2C1=O. The Balaban J connectivity index is 1.72. The molecule has 6 heteroatoms. The number of halogens is 1. The summed E-state index contributed by atoms with van der Waals surface area (Å²) in [4.78, 5) is 27.4. The zero-order valence-corrected chi connectivity index (χ0v) is 17.3. The van der Waals surface area contributed by atoms with Crippen LogP contribution in [0.3, 0.4) is 0 Å². The number of carbonyl (C=O) groups excluding carboxylic acids is 2. The molecule has 0 radical (unpaired) electrons. The number of aryl methyl sites for hydroxylation is 1. The molecule has 4 rings (SSSR count). The van der Waals surface area contributed by atoms with Gasteiger partial charge in [0, 0.05) is 17.7 Å². The van der Waals surface area contributed by atoms with E-state index >= 15 is 0 Å². The minimum absolute atomic E-state index is 0.226. The lowest BCUT2D eigenvalue weighted by Gasteiger charge is -2.27. The van der Waals surface area contributed by atoms with E-state index in [1.54, 1.807) is 0 Å². The summed E-state index contributed by atoms with van der Waals surface area (Å²) in [6, 6.07) is 17.9. The highest BCUT2D eigenvalue weighted by atomic mass is 19.1. The number of esters is 1. The highest BCUT2D eigenvalue weighted by Crippen LogP contribution is 2.37. The van der Waals surface area contributed by atoms with Gasteiger partial charge in [-0.05, 0) is 41.8 Å². The lowest BCUT2D eigenvalue weighted by atomic mass is 10.0. The first kappa shape index (κ1) is 20.6. The maximum atomic E-state index is 14.2. The molecule has 1 aliphatic heterocycles. The van der Waals surface area contributed by atoms with Crippen LogP contribution in [-0.4, -0.2) is 23.9 Å². The van der Waals surface area contributed by atoms with E-state index in [2.05, 4.69) is 0 Å². The van der Waals surface area contributed by atoms with Crippen LogP contribution < -0.4 is 4.74 Å². The van der Waals surface area contributed by atoms with Gasteiger partial charge in [0.15, 0.2) is 6.04 Å². The van der Waals surface area contributed by atoms with Crippen LogP contribution in [0.4, 0.5) is 4.39 Å². The Labute approximate surface area is 180 Å². The summed E-state index contributed by atoms with van der Waals surface area (Å²) in [6.07, 6.45) is 0. The summed E-state index contributed by atoms with van der Waals surface area (Å²) in [7, 11) is 1.25. The van der Waals surface area contributed by atoms with Gasteiger partial charge in [-0.2, -0.15) is 0 Å². The third-order valence-corrected chi connectivity index (χ3v) is 5.41. The van der Waals surface area contributed by atoms with Crippen molar-refractivity contribution in [1.82, 2.24) is 4.90 Å². The number of hydrogen-bond acceptors (Lipinski definition) is 4. The average molecular weight is 419 g/mol. The molecule has 1 heterocycles. The molecule has 0 saturated heterocycles. The van der Waals surface area contributed by atoms with Crippen LogP contribution in [0.2, 0.25) is 0 Å². The number of carbonyl (C=O) groups is 2. The average Bonchev–Trinajstić information content (AvgIpc) is 3.11. The monoisotopic (exact) mass is 419 g/mol. The summed E-state index contributed by atoms with van der Waals surface area (Å²) >= 11 is 0. The number of nitrogens with zero attached hydrogens (tertiary/aromatic N) is 1. The van der Waals surface area contributed by atoms with Crippen LogP contribution in [0.5, 0.6) is 5.75 Å². The predicted molar refractivity (Wildman–Crippen MR) is 113 cm³/mol. The molecule has 0 spiro atoms. The third kappa shape index (κ3) is 4.01. The number of fused-ring (bicyclic) bond motifs is 1. The predicted octanol–water partition coefficient (Wildman–Crippen LogP) is 4.58. The fourth-order valence-electron chi connectivity index (χ4n) is 3.91. The van der Waals surface area contributed by atoms with Crippen molar-refractivity contribution < 1.29 is 23.5 Å². The molecule has 0 aliphatic carbocycles. The van der Waals surface area contributed by atoms with Crippen LogP contribution in [0.1, 0.15) is 38.7 Å². The maximum absolute atomic E-state index is 14.2. The molecule has 0 fully saturated rings. The van der Waals surface area contributed by atoms with Crippen LogP contribution >= 0.6 is 0 Å². The van der Waals surface area contributed by atoms with Crippen molar-refractivity contribution in [2.45, 2.75) is 26.1 Å². The normalized spacial score (nSPS) is 13.6. The molecule has 158 valence electrons. The fraction of sp³-hybridized carbons (Fsp3) is 0.200. The van der Waals surface area contributed by atoms with Gasteiger partial charge in [-0.1, -0.05) is 48.5 Å². The highest BCUT2D eigenvalue weighted by molar-refractivity contribution is 6.02. The number of benzene rings is 3. The number of methoxy groups -OCH3 is 1. The van der Waals surface area contributed by atoms with Gasteiger partial charge in [0.1, 0.15) is 18.2 Å². The number of amides is 1. The molecule has 1 amide bonds. The van der Waals surface area contributed by atoms with Crippen molar-refractivity contribution in [3.8, 4) is 5.75 Å². The molecule has 0 bridgehead atoms. The Morgan fingerprint density at radius 1 is 1.10 bits per heavy atom. The first-order chi connectivity index (χ1) is 15.0. The second-order valence-electron chi connectivity index (χ2n) is 7.42. The number of ether oxygens (including phenoxy) is 2. The van der Waals surface area contributed by atoms with Crippen molar-refractivity contribution in [3.05, 3.63) is 100 Å². The van der Waals surface area contributed by atoms with Crippen LogP contribution in [-0.2, 0) is 22.7 Å². The second kappa shape index (κ2) is 8.60. The van der Waals surface area contributed by atoms with Crippen LogP contribution in [0.15, 0.2) is 66.7 Å². The van der Waals surface area contributed by atoms with E-state index < -0.39 is 17.8 Å². The summed E-state index contributed by atoms with van der Waals surface area (Å²) < 4.78 is 25.2. The van der Waals surface area contributed by atoms with Crippen molar-refractivity contribution in [2.75, 3.05) is 7.11 Å². The first-order valence-corrected chi connectivity index (χ1v) is 9.93. The summed E-state index contributed by atoms with van der Waals surface area (Å²) in [6.45, 7) is 2.31. The minimum atomic E-state index is -1.13. The maximum Gasteiger partial charge on any atom is 0.333 e. The Morgan fingerprint density at radius 2 is 1.87 bits per heavy atom. The van der Waals surface area contributed by atoms with E-state index in [9.17, 15) is 14.0 Å². The number of hydrogen-bond donors (Lipinski definition) is 0. The standard InChI is InChI=1S/C25H22FNO4/c1-16-7-6-10-18-14-27(24(28)22(16)18)23(25(29)30-2)20-13-19(26)11-12-21(20)31-15-17-8-4-3-5-9-17/h3-13,23H,14-15H2,1-2H3. The van der Waals surface area contributed by atoms with Crippen LogP contribution in [0.25, 0.3) is 0 Å². The van der Waals surface area contributed by atoms with Gasteiger partial charge in [0.2, 0.25) is 0 Å². The lowest BCUT2D eigenvalue weighted by Crippen LogP contribution is -2.35. The summed E-state index contributed by atoms with van der Waals surface area (Å²) in [5.74, 6) is -1.16. The topological polar surface area (TPSA) is 55.8 Å². The van der Waals surface area contributed by atoms with Crippen molar-refractivity contribution >= 4 is 11.9 Å². The molecular weight excluding hydrogens is 397 g/mol. The molecular formula is C25H22FNO4. The zero-order chi connectivity index (χ0) is 22.0. The molecule has 3 aromatic rings. The molecule has 1 atom stereocenters. The van der Waals surface area contributed by atoms with Crippen molar-refractivity contribution in [3.63, 3.8) is 0 Å². The van der Waals surface area contributed by atoms with Gasteiger partial charge in [-0.25, -0.2) is 9.18 Å². The van der Waals surface area contributed by atoms with Crippen molar-refractivity contribution in [2.24, 2.45) is 0 Å². The third-order valence-electron chi connectivity index (χ3n) is 5.41. The fourth-order valence-corrected chi connectivity index (χ4v) is 3.91. The molecule has 5 nitrogen and oxygen atoms in total. The van der Waals surface area contributed by atoms with Gasteiger partial charge >= 0.3 is 5.97 Å². The Kier molecular flexibility index (Phi) is 5.71. The van der Waals surface area contributed by atoms with E-state index in [1.807, 2.05) is 55.5 Å². The highest BCUT2D eigenvalue weighted by Gasteiger charge is 2.40. The minimum Gasteiger partial charge on any atom is -0.489 e. The van der Waals surface area contributed by atoms with Gasteiger partial charge in [0.05, 0.1) is 7.11 Å². The van der Waals surface area contributed by atoms with E-state index in [0.29, 0.717) is 11.3 Å². The summed E-state index contributed by atoms with van der Waals surface area (Å²) in [5.41, 5.74) is 3.39. The molecule has 1 unspecified atom stereocenters. The zero-order valence-electron chi connectivity index (χ0n) is 17.3. The molecule has 0 N–H and O–H groups in total. The van der Waals surface area contributed by atoms with Gasteiger partial charge in [0.25, 0.3) is 5.91 Å². The largest absolute Gasteiger partial charge is 0.489 e. The lowest BCUT2D eigenvalue weighted by molar-refractivity contribution is -0.146. The molecule has 31 heavy (non-hydrogen) atoms. The van der Waals surface area contributed by atoms with E-state index in [1.165, 1.54) is 30.2 Å². The van der Waals surface area contributed by atoms with Crippen molar-refractivity contribution in [1.29, 1.82) is 0 Å². The van der Waals surface area contributed by atoms with E-state index in [4.69, 9.17) is 9.47 Å². The second-order valence-corrected chi connectivity index (χ2v) is 7.42. The smallest absolute Gasteiger partial charge is 0.333 e. The Morgan fingerprint density at radius 3 is 2.58 bits per heavy atom. The molecule has 0 aromatic heterocycles. The molecule has 1 aliphatic rings. The Bertz CT molecular complexity index is 1130. The Hall–Kier alpha value is -3.67. The molecule has 0 saturated carbocycles. The van der Waals surface area contributed by atoms with Gasteiger partial charge in [-0.15, -0.1) is 0 Å². The molecule has 3 aromatic carbocycles. The van der Waals surface area contributed by atoms with E-state index in [-0.39, 0.29) is 24.6 Å². The number of rotatable bonds is 6.